The molecule has 0 saturated heterocycles. The fourth-order valence-electron chi connectivity index (χ4n) is 1.85. The van der Waals surface area contributed by atoms with Crippen molar-refractivity contribution < 1.29 is 9.47 Å². The van der Waals surface area contributed by atoms with E-state index in [1.165, 1.54) is 12.8 Å². The number of nitrogens with two attached hydrogens (primary N) is 1. The van der Waals surface area contributed by atoms with Crippen LogP contribution in [-0.2, 0) is 0 Å². The number of para-hydroxylation sites is 1. The predicted octanol–water partition coefficient (Wildman–Crippen LogP) is 2.55. The summed E-state index contributed by atoms with van der Waals surface area (Å²) in [5.41, 5.74) is 6.88. The standard InChI is InChI=1S/C14H21NO2/c1-10(8-15)12-4-3-5-13(16-2)14(12)17-9-11-6-7-11/h3-5,10-11H,6-9,15H2,1-2H3. The average molecular weight is 235 g/mol. The maximum atomic E-state index is 5.93. The Balaban J connectivity index is 2.21. The first-order chi connectivity index (χ1) is 8.26. The number of ether oxygens (including phenoxy) is 2. The molecule has 1 unspecified atom stereocenters. The molecular weight excluding hydrogens is 214 g/mol. The monoisotopic (exact) mass is 235 g/mol. The third-order valence-corrected chi connectivity index (χ3v) is 3.27. The van der Waals surface area contributed by atoms with E-state index in [9.17, 15) is 0 Å². The first kappa shape index (κ1) is 12.2. The van der Waals surface area contributed by atoms with Crippen LogP contribution in [-0.4, -0.2) is 20.3 Å². The van der Waals surface area contributed by atoms with Crippen molar-refractivity contribution in [2.45, 2.75) is 25.7 Å². The lowest BCUT2D eigenvalue weighted by Crippen LogP contribution is -2.12. The van der Waals surface area contributed by atoms with Crippen LogP contribution in [0.2, 0.25) is 0 Å². The predicted molar refractivity (Wildman–Crippen MR) is 68.7 cm³/mol. The minimum atomic E-state index is 0.291. The molecule has 0 heterocycles. The molecule has 2 N–H and O–H groups in total. The van der Waals surface area contributed by atoms with Crippen LogP contribution in [0.15, 0.2) is 18.2 Å². The molecule has 0 spiro atoms. The molecule has 3 nitrogen and oxygen atoms in total. The quantitative estimate of drug-likeness (QED) is 0.824. The van der Waals surface area contributed by atoms with Crippen molar-refractivity contribution in [3.8, 4) is 11.5 Å². The fourth-order valence-corrected chi connectivity index (χ4v) is 1.85. The highest BCUT2D eigenvalue weighted by Crippen LogP contribution is 2.37. The summed E-state index contributed by atoms with van der Waals surface area (Å²) in [6.07, 6.45) is 2.58. The van der Waals surface area contributed by atoms with Crippen molar-refractivity contribution in [1.29, 1.82) is 0 Å². The Bertz CT molecular complexity index is 374. The number of hydrogen-bond donors (Lipinski definition) is 1. The van der Waals surface area contributed by atoms with E-state index in [0.717, 1.165) is 29.6 Å². The van der Waals surface area contributed by atoms with E-state index in [0.29, 0.717) is 12.5 Å². The van der Waals surface area contributed by atoms with Gasteiger partial charge in [-0.25, -0.2) is 0 Å². The SMILES string of the molecule is COc1cccc(C(C)CN)c1OCC1CC1. The number of rotatable bonds is 6. The van der Waals surface area contributed by atoms with Crippen molar-refractivity contribution in [3.63, 3.8) is 0 Å². The van der Waals surface area contributed by atoms with Crippen LogP contribution in [0.3, 0.4) is 0 Å². The molecule has 1 atom stereocenters. The summed E-state index contributed by atoms with van der Waals surface area (Å²) < 4.78 is 11.3. The second kappa shape index (κ2) is 5.41. The topological polar surface area (TPSA) is 44.5 Å². The summed E-state index contributed by atoms with van der Waals surface area (Å²) in [6, 6.07) is 6.00. The van der Waals surface area contributed by atoms with Crippen molar-refractivity contribution in [2.24, 2.45) is 11.7 Å². The highest BCUT2D eigenvalue weighted by atomic mass is 16.5. The molecule has 1 aliphatic rings. The van der Waals surface area contributed by atoms with Gasteiger partial charge < -0.3 is 15.2 Å². The van der Waals surface area contributed by atoms with Crippen molar-refractivity contribution in [1.82, 2.24) is 0 Å². The zero-order chi connectivity index (χ0) is 12.3. The van der Waals surface area contributed by atoms with Gasteiger partial charge in [-0.3, -0.25) is 0 Å². The normalized spacial score (nSPS) is 16.6. The summed E-state index contributed by atoms with van der Waals surface area (Å²) in [7, 11) is 1.68. The van der Waals surface area contributed by atoms with Crippen LogP contribution in [0.1, 0.15) is 31.2 Å². The van der Waals surface area contributed by atoms with Crippen molar-refractivity contribution >= 4 is 0 Å². The number of benzene rings is 1. The van der Waals surface area contributed by atoms with E-state index >= 15 is 0 Å². The van der Waals surface area contributed by atoms with Crippen LogP contribution >= 0.6 is 0 Å². The molecule has 0 bridgehead atoms. The molecule has 1 aliphatic carbocycles. The van der Waals surface area contributed by atoms with Gasteiger partial charge in [-0.1, -0.05) is 19.1 Å². The van der Waals surface area contributed by atoms with Gasteiger partial charge in [0.05, 0.1) is 13.7 Å². The second-order valence-electron chi connectivity index (χ2n) is 4.77. The van der Waals surface area contributed by atoms with E-state index in [1.54, 1.807) is 7.11 Å². The van der Waals surface area contributed by atoms with Gasteiger partial charge in [-0.05, 0) is 37.3 Å². The largest absolute Gasteiger partial charge is 0.493 e. The molecule has 3 heteroatoms. The Labute approximate surface area is 103 Å². The van der Waals surface area contributed by atoms with Gasteiger partial charge in [0.25, 0.3) is 0 Å². The van der Waals surface area contributed by atoms with Crippen LogP contribution in [0.5, 0.6) is 11.5 Å². The smallest absolute Gasteiger partial charge is 0.164 e. The third kappa shape index (κ3) is 2.91. The molecule has 0 aromatic heterocycles. The van der Waals surface area contributed by atoms with E-state index in [1.807, 2.05) is 12.1 Å². The molecular formula is C14H21NO2. The Morgan fingerprint density at radius 2 is 2.18 bits per heavy atom. The van der Waals surface area contributed by atoms with Gasteiger partial charge in [0.15, 0.2) is 11.5 Å². The van der Waals surface area contributed by atoms with E-state index in [-0.39, 0.29) is 0 Å². The summed E-state index contributed by atoms with van der Waals surface area (Å²) in [5, 5.41) is 0. The van der Waals surface area contributed by atoms with Gasteiger partial charge in [-0.2, -0.15) is 0 Å². The van der Waals surface area contributed by atoms with Crippen molar-refractivity contribution in [2.75, 3.05) is 20.3 Å². The lowest BCUT2D eigenvalue weighted by molar-refractivity contribution is 0.276. The summed E-state index contributed by atoms with van der Waals surface area (Å²) >= 11 is 0. The lowest BCUT2D eigenvalue weighted by Gasteiger charge is -2.18. The average Bonchev–Trinajstić information content (AvgIpc) is 3.18. The Morgan fingerprint density at radius 3 is 2.76 bits per heavy atom. The minimum Gasteiger partial charge on any atom is -0.493 e. The minimum absolute atomic E-state index is 0.291. The van der Waals surface area contributed by atoms with Gasteiger partial charge in [-0.15, -0.1) is 0 Å². The number of methoxy groups -OCH3 is 1. The maximum Gasteiger partial charge on any atom is 0.164 e. The summed E-state index contributed by atoms with van der Waals surface area (Å²) in [5.74, 6) is 2.71. The first-order valence-electron chi connectivity index (χ1n) is 6.26. The molecule has 1 aromatic carbocycles. The molecule has 0 radical (unpaired) electrons. The Hall–Kier alpha value is -1.22. The Kier molecular flexibility index (Phi) is 3.89. The lowest BCUT2D eigenvalue weighted by atomic mass is 10.00. The second-order valence-corrected chi connectivity index (χ2v) is 4.77. The van der Waals surface area contributed by atoms with Crippen LogP contribution in [0, 0.1) is 5.92 Å². The molecule has 17 heavy (non-hydrogen) atoms. The van der Waals surface area contributed by atoms with Gasteiger partial charge in [0.1, 0.15) is 0 Å². The molecule has 2 rings (SSSR count). The van der Waals surface area contributed by atoms with Gasteiger partial charge in [0, 0.05) is 5.56 Å². The molecule has 0 aliphatic heterocycles. The summed E-state index contributed by atoms with van der Waals surface area (Å²) in [6.45, 7) is 3.52. The zero-order valence-corrected chi connectivity index (χ0v) is 10.6. The first-order valence-corrected chi connectivity index (χ1v) is 6.26. The maximum absolute atomic E-state index is 5.93. The number of hydrogen-bond acceptors (Lipinski definition) is 3. The molecule has 1 aromatic rings. The van der Waals surface area contributed by atoms with Gasteiger partial charge in [0.2, 0.25) is 0 Å². The van der Waals surface area contributed by atoms with Crippen molar-refractivity contribution in [3.05, 3.63) is 23.8 Å². The van der Waals surface area contributed by atoms with E-state index < -0.39 is 0 Å². The third-order valence-electron chi connectivity index (χ3n) is 3.27. The highest BCUT2D eigenvalue weighted by Gasteiger charge is 2.24. The summed E-state index contributed by atoms with van der Waals surface area (Å²) in [4.78, 5) is 0. The molecule has 0 amide bonds. The Morgan fingerprint density at radius 1 is 1.41 bits per heavy atom. The zero-order valence-electron chi connectivity index (χ0n) is 10.6. The molecule has 1 saturated carbocycles. The van der Waals surface area contributed by atoms with Crippen LogP contribution < -0.4 is 15.2 Å². The molecule has 94 valence electrons. The van der Waals surface area contributed by atoms with E-state index in [2.05, 4.69) is 13.0 Å². The highest BCUT2D eigenvalue weighted by molar-refractivity contribution is 5.48. The van der Waals surface area contributed by atoms with Crippen LogP contribution in [0.4, 0.5) is 0 Å². The fraction of sp³-hybridized carbons (Fsp3) is 0.571. The van der Waals surface area contributed by atoms with Gasteiger partial charge >= 0.3 is 0 Å². The van der Waals surface area contributed by atoms with E-state index in [4.69, 9.17) is 15.2 Å². The van der Waals surface area contributed by atoms with Crippen LogP contribution in [0.25, 0.3) is 0 Å². The molecule has 1 fully saturated rings.